The summed E-state index contributed by atoms with van der Waals surface area (Å²) in [4.78, 5) is 9.05. The van der Waals surface area contributed by atoms with E-state index in [9.17, 15) is 0 Å². The molecule has 6 nitrogen and oxygen atoms in total. The van der Waals surface area contributed by atoms with Crippen molar-refractivity contribution in [1.82, 2.24) is 4.98 Å². The van der Waals surface area contributed by atoms with E-state index >= 15 is 0 Å². The highest BCUT2D eigenvalue weighted by Gasteiger charge is 2.25. The fourth-order valence-corrected chi connectivity index (χ4v) is 8.63. The highest BCUT2D eigenvalue weighted by atomic mass is 16.3. The summed E-state index contributed by atoms with van der Waals surface area (Å²) in [5.41, 5.74) is 10.5. The van der Waals surface area contributed by atoms with Crippen molar-refractivity contribution < 1.29 is 13.3 Å². The molecule has 0 aliphatic rings. The number of nitrogens with zero attached hydrogens (tertiary/aromatic N) is 3. The van der Waals surface area contributed by atoms with Crippen LogP contribution in [-0.2, 0) is 0 Å². The summed E-state index contributed by atoms with van der Waals surface area (Å²) in [6, 6.07) is 63.0. The third-order valence-corrected chi connectivity index (χ3v) is 11.1. The van der Waals surface area contributed by atoms with E-state index < -0.39 is 0 Å². The molecule has 0 aliphatic heterocycles. The number of anilines is 6. The highest BCUT2D eigenvalue weighted by molar-refractivity contribution is 6.23. The van der Waals surface area contributed by atoms with Gasteiger partial charge in [-0.2, -0.15) is 0 Å². The Morgan fingerprint density at radius 2 is 0.947 bits per heavy atom. The lowest BCUT2D eigenvalue weighted by Gasteiger charge is -2.27. The van der Waals surface area contributed by atoms with Gasteiger partial charge in [0.1, 0.15) is 16.7 Å². The molecule has 8 aromatic carbocycles. The van der Waals surface area contributed by atoms with Crippen molar-refractivity contribution in [2.24, 2.45) is 0 Å². The number of furan rings is 3. The van der Waals surface area contributed by atoms with Crippen LogP contribution in [0.5, 0.6) is 0 Å². The first-order chi connectivity index (χ1) is 28.3. The van der Waals surface area contributed by atoms with Crippen LogP contribution in [0.1, 0.15) is 0 Å². The minimum absolute atomic E-state index is 0.615. The third-order valence-electron chi connectivity index (χ3n) is 11.1. The second kappa shape index (κ2) is 12.3. The van der Waals surface area contributed by atoms with Crippen LogP contribution in [0.2, 0.25) is 0 Å². The van der Waals surface area contributed by atoms with Gasteiger partial charge in [0.05, 0.1) is 22.7 Å². The fraction of sp³-hybridized carbons (Fsp3) is 0. The number of rotatable bonds is 6. The maximum Gasteiger partial charge on any atom is 0.227 e. The molecule has 0 atom stereocenters. The van der Waals surface area contributed by atoms with Crippen LogP contribution in [0.25, 0.3) is 76.7 Å². The van der Waals surface area contributed by atoms with E-state index in [1.807, 2.05) is 30.3 Å². The van der Waals surface area contributed by atoms with Crippen LogP contribution in [0.15, 0.2) is 201 Å². The quantitative estimate of drug-likeness (QED) is 0.170. The first kappa shape index (κ1) is 31.5. The largest absolute Gasteiger partial charge is 0.456 e. The average Bonchev–Trinajstić information content (AvgIpc) is 3.97. The van der Waals surface area contributed by atoms with E-state index in [1.54, 1.807) is 6.20 Å². The maximum atomic E-state index is 6.95. The van der Waals surface area contributed by atoms with E-state index in [-0.39, 0.29) is 0 Å². The third kappa shape index (κ3) is 4.81. The number of fused-ring (bicyclic) bond motifs is 11. The molecule has 0 amide bonds. The van der Waals surface area contributed by atoms with Gasteiger partial charge in [-0.25, -0.2) is 4.98 Å². The van der Waals surface area contributed by atoms with Gasteiger partial charge in [-0.3, -0.25) is 0 Å². The number of hydrogen-bond acceptors (Lipinski definition) is 6. The summed E-state index contributed by atoms with van der Waals surface area (Å²) in [7, 11) is 0. The van der Waals surface area contributed by atoms with Crippen LogP contribution in [0.4, 0.5) is 34.1 Å². The first-order valence-corrected chi connectivity index (χ1v) is 19.0. The zero-order valence-electron chi connectivity index (χ0n) is 30.5. The minimum atomic E-state index is 0.615. The normalized spacial score (nSPS) is 11.9. The summed E-state index contributed by atoms with van der Waals surface area (Å²) in [6.07, 6.45) is 1.77. The molecule has 0 saturated carbocycles. The predicted molar refractivity (Wildman–Crippen MR) is 233 cm³/mol. The van der Waals surface area contributed by atoms with Gasteiger partial charge >= 0.3 is 0 Å². The van der Waals surface area contributed by atoms with Gasteiger partial charge in [-0.15, -0.1) is 0 Å². The molecule has 12 rings (SSSR count). The zero-order valence-corrected chi connectivity index (χ0v) is 30.5. The van der Waals surface area contributed by atoms with Gasteiger partial charge in [0.25, 0.3) is 0 Å². The second-order valence-electron chi connectivity index (χ2n) is 14.3. The molecule has 0 saturated heterocycles. The number of benzene rings is 8. The summed E-state index contributed by atoms with van der Waals surface area (Å²) in [5.74, 6) is 0. The van der Waals surface area contributed by atoms with E-state index in [0.717, 1.165) is 105 Å². The van der Waals surface area contributed by atoms with E-state index in [0.29, 0.717) is 5.71 Å². The Morgan fingerprint density at radius 1 is 0.333 bits per heavy atom. The second-order valence-corrected chi connectivity index (χ2v) is 14.3. The van der Waals surface area contributed by atoms with Crippen molar-refractivity contribution in [3.63, 3.8) is 0 Å². The average molecular weight is 734 g/mol. The molecule has 0 bridgehead atoms. The van der Waals surface area contributed by atoms with Crippen LogP contribution in [0.3, 0.4) is 0 Å². The summed E-state index contributed by atoms with van der Waals surface area (Å²) in [6.45, 7) is 0. The smallest absolute Gasteiger partial charge is 0.227 e. The van der Waals surface area contributed by atoms with E-state index in [2.05, 4.69) is 166 Å². The van der Waals surface area contributed by atoms with E-state index in [4.69, 9.17) is 13.3 Å². The van der Waals surface area contributed by atoms with Gasteiger partial charge < -0.3 is 23.1 Å². The van der Waals surface area contributed by atoms with Crippen molar-refractivity contribution in [3.05, 3.63) is 188 Å². The summed E-state index contributed by atoms with van der Waals surface area (Å²) < 4.78 is 20.0. The van der Waals surface area contributed by atoms with Crippen molar-refractivity contribution in [1.29, 1.82) is 0 Å². The molecular weight excluding hydrogens is 703 g/mol. The van der Waals surface area contributed by atoms with Crippen LogP contribution < -0.4 is 9.80 Å². The van der Waals surface area contributed by atoms with Crippen LogP contribution in [-0.4, -0.2) is 4.98 Å². The summed E-state index contributed by atoms with van der Waals surface area (Å²) in [5, 5.41) is 8.49. The SMILES string of the molecule is c1ccc(N(c2cc3oc4cc(N(c5ccccc5)c5cccc6c5oc5ncccc56)ccc4c3c3ccccc23)c2cccc3c2oc2ccccc23)cc1. The first-order valence-electron chi connectivity index (χ1n) is 19.0. The Kier molecular flexibility index (Phi) is 6.83. The lowest BCUT2D eigenvalue weighted by molar-refractivity contribution is 0.654. The molecule has 12 aromatic rings. The molecule has 0 N–H and O–H groups in total. The Bertz CT molecular complexity index is 3490. The van der Waals surface area contributed by atoms with Crippen LogP contribution >= 0.6 is 0 Å². The molecule has 0 spiro atoms. The Hall–Kier alpha value is -7.83. The molecule has 4 heterocycles. The molecular formula is C51H31N3O3. The molecule has 0 unspecified atom stereocenters. The monoisotopic (exact) mass is 733 g/mol. The van der Waals surface area contributed by atoms with Crippen LogP contribution in [0, 0.1) is 0 Å². The zero-order chi connectivity index (χ0) is 37.5. The fourth-order valence-electron chi connectivity index (χ4n) is 8.63. The van der Waals surface area contributed by atoms with Gasteiger partial charge in [0, 0.05) is 67.4 Å². The molecule has 4 aromatic heterocycles. The van der Waals surface area contributed by atoms with Crippen molar-refractivity contribution >= 4 is 111 Å². The van der Waals surface area contributed by atoms with Gasteiger partial charge in [-0.1, -0.05) is 103 Å². The molecule has 268 valence electrons. The lowest BCUT2D eigenvalue weighted by Crippen LogP contribution is -2.10. The Labute approximate surface area is 326 Å². The number of para-hydroxylation sites is 5. The lowest BCUT2D eigenvalue weighted by atomic mass is 10.00. The van der Waals surface area contributed by atoms with Gasteiger partial charge in [0.15, 0.2) is 11.2 Å². The van der Waals surface area contributed by atoms with Crippen molar-refractivity contribution in [2.75, 3.05) is 9.80 Å². The number of hydrogen-bond donors (Lipinski definition) is 0. The minimum Gasteiger partial charge on any atom is -0.456 e. The van der Waals surface area contributed by atoms with Crippen molar-refractivity contribution in [3.8, 4) is 0 Å². The Balaban J connectivity index is 1.09. The highest BCUT2D eigenvalue weighted by Crippen LogP contribution is 2.48. The van der Waals surface area contributed by atoms with Gasteiger partial charge in [-0.05, 0) is 72.1 Å². The standard InChI is InChI=1S/C51H31N3O3/c1-3-14-32(15-4-1)53(42-24-12-22-39-40-23-13-29-52-51(40)57-50(39)42)34-27-28-41-46(30-34)55-47-31-44(35-18-7-8-20-37(35)48(41)47)54(33-16-5-2-6-17-33)43-25-11-21-38-36-19-9-10-26-45(36)56-49(38)43/h1-31H. The number of pyridine rings is 1. The molecule has 0 fully saturated rings. The number of aromatic nitrogens is 1. The maximum absolute atomic E-state index is 6.95. The Morgan fingerprint density at radius 3 is 1.74 bits per heavy atom. The predicted octanol–water partition coefficient (Wildman–Crippen LogP) is 14.9. The van der Waals surface area contributed by atoms with Gasteiger partial charge in [0.2, 0.25) is 5.71 Å². The molecule has 0 aliphatic carbocycles. The molecule has 0 radical (unpaired) electrons. The van der Waals surface area contributed by atoms with E-state index in [1.165, 1.54) is 0 Å². The summed E-state index contributed by atoms with van der Waals surface area (Å²) >= 11 is 0. The topological polar surface area (TPSA) is 58.8 Å². The molecule has 6 heteroatoms. The van der Waals surface area contributed by atoms with Crippen molar-refractivity contribution in [2.45, 2.75) is 0 Å². The molecule has 57 heavy (non-hydrogen) atoms.